The molecule has 3 N–H and O–H groups in total. The van der Waals surface area contributed by atoms with Gasteiger partial charge in [0.1, 0.15) is 41.4 Å². The average Bonchev–Trinajstić information content (AvgIpc) is 2.87. The normalized spacial score (nSPS) is 24.5. The summed E-state index contributed by atoms with van der Waals surface area (Å²) in [5.74, 6) is -0.783. The lowest BCUT2D eigenvalue weighted by Crippen LogP contribution is -2.60. The minimum atomic E-state index is -4.75. The minimum absolute atomic E-state index is 0.00657. The second-order valence-corrected chi connectivity index (χ2v) is 26.1. The van der Waals surface area contributed by atoms with E-state index in [2.05, 4.69) is 35.8 Å². The van der Waals surface area contributed by atoms with Crippen LogP contribution in [-0.4, -0.2) is 142 Å². The van der Waals surface area contributed by atoms with E-state index in [0.717, 1.165) is 92.7 Å². The van der Waals surface area contributed by atoms with Crippen molar-refractivity contribution in [1.29, 1.82) is 0 Å². The van der Waals surface area contributed by atoms with Crippen LogP contribution in [0.2, 0.25) is 0 Å². The number of sulfonamides is 1. The predicted octanol–water partition coefficient (Wildman–Crippen LogP) is 9.32. The van der Waals surface area contributed by atoms with E-state index in [-0.39, 0.29) is 84.5 Å². The topological polar surface area (TPSA) is 215 Å². The summed E-state index contributed by atoms with van der Waals surface area (Å²) in [5, 5.41) is 16.7. The molecule has 8 aliphatic rings. The molecule has 7 aliphatic heterocycles. The van der Waals surface area contributed by atoms with Crippen LogP contribution >= 0.6 is 0 Å². The Hall–Kier alpha value is -7.15. The maximum atomic E-state index is 15.2. The average molecular weight is 1190 g/mol. The molecule has 6 aromatic rings. The third kappa shape index (κ3) is 10.5. The van der Waals surface area contributed by atoms with E-state index in [9.17, 15) is 27.7 Å². The number of nitrogens with one attached hydrogen (secondary N) is 3. The lowest BCUT2D eigenvalue weighted by molar-refractivity contribution is -0.384. The van der Waals surface area contributed by atoms with E-state index in [1.54, 1.807) is 12.3 Å². The zero-order valence-electron chi connectivity index (χ0n) is 47.5. The number of nitrogens with zero attached hydrogens (tertiary/aromatic N) is 6. The van der Waals surface area contributed by atoms with Crippen molar-refractivity contribution in [3.63, 3.8) is 0 Å². The molecule has 1 spiro atoms. The quantitative estimate of drug-likeness (QED) is 0.0768. The minimum Gasteiger partial charge on any atom is -0.491 e. The van der Waals surface area contributed by atoms with Crippen molar-refractivity contribution in [3.8, 4) is 17.4 Å². The van der Waals surface area contributed by atoms with Crippen molar-refractivity contribution in [3.05, 3.63) is 129 Å². The molecule has 20 nitrogen and oxygen atoms in total. The Labute approximate surface area is 491 Å². The Balaban J connectivity index is 0.740. The summed E-state index contributed by atoms with van der Waals surface area (Å²) in [6.45, 7) is 10.0. The van der Waals surface area contributed by atoms with Crippen LogP contribution in [0.25, 0.3) is 11.0 Å². The number of amides is 1. The van der Waals surface area contributed by atoms with Crippen molar-refractivity contribution in [1.82, 2.24) is 24.5 Å². The number of H-pyrrole nitrogens is 1. The van der Waals surface area contributed by atoms with E-state index in [1.165, 1.54) is 12.1 Å². The van der Waals surface area contributed by atoms with Crippen molar-refractivity contribution >= 4 is 55.4 Å². The number of nitro groups is 1. The van der Waals surface area contributed by atoms with Crippen LogP contribution in [0, 0.1) is 33.1 Å². The molecule has 14 rings (SSSR count). The fraction of sp³-hybridized carbons (Fsp3) is 0.484. The standard InChI is InChI=1S/C62H69F2N9O11S/c1-36(2)83-55-6-4-3-5-43(55)53-31-70(54-34-81-32-46-45(54)24-39(63)25-47(46)64)18-19-71(53)41-29-62(30-41)13-16-69(17-14-62)40-7-8-44(50(26-40)72-49-12-22-80-35-57(49)84-61-52(72)23-38-9-15-65-59(38)67-61)60(74)68-85(77,78)42-27-51(73(75)76)58-56(28-42)82-33-48(66-58)37-10-20-79-21-11-37/h3-9,15,23-28,36-37,41,48-49,53-54,57,66H,10-14,16-22,29-35H2,1-2H3,(H,65,67)(H,68,74)/t48-,49-,53-,54-,57-/m0/s1. The highest BCUT2D eigenvalue weighted by Crippen LogP contribution is 2.55. The molecule has 0 radical (unpaired) electrons. The number of benzene rings is 4. The molecule has 1 aliphatic carbocycles. The largest absolute Gasteiger partial charge is 0.491 e. The fourth-order valence-corrected chi connectivity index (χ4v) is 15.7. The van der Waals surface area contributed by atoms with Gasteiger partial charge in [-0.2, -0.15) is 4.98 Å². The van der Waals surface area contributed by atoms with Gasteiger partial charge in [0.05, 0.1) is 71.2 Å². The Kier molecular flexibility index (Phi) is 14.6. The van der Waals surface area contributed by atoms with E-state index >= 15 is 4.39 Å². The van der Waals surface area contributed by atoms with Crippen LogP contribution in [-0.2, 0) is 30.8 Å². The van der Waals surface area contributed by atoms with Gasteiger partial charge in [0.25, 0.3) is 21.6 Å². The first-order valence-electron chi connectivity index (χ1n) is 29.7. The molecule has 1 saturated carbocycles. The Bertz CT molecular complexity index is 3680. The smallest absolute Gasteiger partial charge is 0.297 e. The Morgan fingerprint density at radius 1 is 0.882 bits per heavy atom. The van der Waals surface area contributed by atoms with E-state index in [1.807, 2.05) is 61.2 Å². The number of ether oxygens (including phenoxy) is 6. The molecule has 2 aromatic heterocycles. The van der Waals surface area contributed by atoms with Gasteiger partial charge >= 0.3 is 0 Å². The van der Waals surface area contributed by atoms with Crippen LogP contribution in [0.15, 0.2) is 90.0 Å². The highest BCUT2D eigenvalue weighted by molar-refractivity contribution is 7.90. The number of piperidine rings is 1. The second-order valence-electron chi connectivity index (χ2n) is 24.4. The molecule has 4 aromatic carbocycles. The van der Waals surface area contributed by atoms with Gasteiger partial charge in [-0.25, -0.2) is 21.9 Å². The molecule has 0 bridgehead atoms. The molecule has 4 saturated heterocycles. The number of para-hydroxylation sites is 1. The van der Waals surface area contributed by atoms with Gasteiger partial charge in [-0.1, -0.05) is 18.2 Å². The van der Waals surface area contributed by atoms with E-state index < -0.39 is 49.2 Å². The van der Waals surface area contributed by atoms with Gasteiger partial charge in [-0.05, 0) is 118 Å². The van der Waals surface area contributed by atoms with Gasteiger partial charge in [0, 0.05) is 105 Å². The monoisotopic (exact) mass is 1190 g/mol. The van der Waals surface area contributed by atoms with Crippen molar-refractivity contribution in [2.45, 2.75) is 113 Å². The summed E-state index contributed by atoms with van der Waals surface area (Å²) in [6, 6.07) is 21.5. The van der Waals surface area contributed by atoms with Crippen molar-refractivity contribution < 1.29 is 55.3 Å². The highest BCUT2D eigenvalue weighted by atomic mass is 32.2. The fourth-order valence-electron chi connectivity index (χ4n) is 14.7. The molecule has 23 heteroatoms. The lowest BCUT2D eigenvalue weighted by Gasteiger charge is -2.58. The summed E-state index contributed by atoms with van der Waals surface area (Å²) in [4.78, 5) is 43.8. The molecule has 5 atom stereocenters. The third-order valence-corrected chi connectivity index (χ3v) is 20.4. The van der Waals surface area contributed by atoms with Crippen LogP contribution in [0.3, 0.4) is 0 Å². The molecule has 85 heavy (non-hydrogen) atoms. The molecule has 9 heterocycles. The molecule has 0 unspecified atom stereocenters. The van der Waals surface area contributed by atoms with Gasteiger partial charge in [0.15, 0.2) is 11.4 Å². The number of anilines is 4. The number of fused-ring (bicyclic) bond motifs is 5. The Morgan fingerprint density at radius 3 is 2.51 bits per heavy atom. The summed E-state index contributed by atoms with van der Waals surface area (Å²) >= 11 is 0. The Morgan fingerprint density at radius 2 is 1.69 bits per heavy atom. The maximum absolute atomic E-state index is 15.2. The number of carbonyl (C=O) groups is 1. The summed E-state index contributed by atoms with van der Waals surface area (Å²) in [6.07, 6.45) is 7.14. The molecular weight excluding hydrogens is 1120 g/mol. The van der Waals surface area contributed by atoms with E-state index in [4.69, 9.17) is 33.4 Å². The van der Waals surface area contributed by atoms with Gasteiger partial charge in [-0.3, -0.25) is 24.7 Å². The molecule has 1 amide bonds. The number of halogens is 2. The number of piperazine rings is 1. The van der Waals surface area contributed by atoms with Crippen LogP contribution < -0.4 is 34.0 Å². The number of aromatic nitrogens is 2. The van der Waals surface area contributed by atoms with Gasteiger partial charge < -0.3 is 48.5 Å². The first kappa shape index (κ1) is 55.7. The number of nitro benzene ring substituents is 1. The van der Waals surface area contributed by atoms with Crippen molar-refractivity contribution in [2.24, 2.45) is 11.3 Å². The first-order chi connectivity index (χ1) is 41.2. The summed E-state index contributed by atoms with van der Waals surface area (Å²) in [7, 11) is -4.75. The zero-order chi connectivity index (χ0) is 58.3. The molecule has 5 fully saturated rings. The maximum Gasteiger partial charge on any atom is 0.297 e. The molecular formula is C62H69F2N9O11S. The van der Waals surface area contributed by atoms with Crippen molar-refractivity contribution in [2.75, 3.05) is 87.5 Å². The highest BCUT2D eigenvalue weighted by Gasteiger charge is 2.51. The molecule has 448 valence electrons. The summed E-state index contributed by atoms with van der Waals surface area (Å²) in [5.41, 5.74) is 4.43. The third-order valence-electron chi connectivity index (χ3n) is 19.1. The summed E-state index contributed by atoms with van der Waals surface area (Å²) < 4.78 is 97.7. The number of rotatable bonds is 12. The van der Waals surface area contributed by atoms with Crippen LogP contribution in [0.1, 0.15) is 97.9 Å². The zero-order valence-corrected chi connectivity index (χ0v) is 48.3. The number of pyridine rings is 1. The van der Waals surface area contributed by atoms with Crippen LogP contribution in [0.5, 0.6) is 17.4 Å². The number of aromatic amines is 1. The predicted molar refractivity (Wildman–Crippen MR) is 311 cm³/mol. The SMILES string of the molecule is CC(C)Oc1ccccc1[C@@H]1CN([C@H]2COCc3c(F)cc(F)cc32)CCN1C1CC2(CCN(c3ccc(C(=O)NS(=O)(=O)c4cc5c(c([N+](=O)[O-])c4)N[C@H](C4CCOCC4)CO5)c(N4c5cc6cc[nH]c6nc5O[C@H]5COCC[C@@H]54)c3)CC2)C1. The number of carbonyl (C=O) groups excluding carboxylic acids is 1. The van der Waals surface area contributed by atoms with Crippen LogP contribution in [0.4, 0.5) is 37.2 Å². The lowest BCUT2D eigenvalue weighted by atomic mass is 9.59. The van der Waals surface area contributed by atoms with Gasteiger partial charge in [-0.15, -0.1) is 0 Å². The number of hydrogen-bond acceptors (Lipinski definition) is 17. The first-order valence-corrected chi connectivity index (χ1v) is 31.2. The number of hydrogen-bond donors (Lipinski definition) is 3. The second kappa shape index (κ2) is 22.3. The van der Waals surface area contributed by atoms with Gasteiger partial charge in [0.2, 0.25) is 5.88 Å². The van der Waals surface area contributed by atoms with E-state index in [0.29, 0.717) is 80.0 Å².